The fourth-order valence-corrected chi connectivity index (χ4v) is 1.25. The Balaban J connectivity index is 3.02. The molecule has 0 aliphatic rings. The maximum absolute atomic E-state index is 10.9. The number of carboxylic acid groups (broad SMARTS) is 1. The van der Waals surface area contributed by atoms with E-state index in [1.165, 1.54) is 12.3 Å². The smallest absolute Gasteiger partial charge is 0.339 e. The number of carboxylic acids is 1. The highest BCUT2D eigenvalue weighted by molar-refractivity contribution is 5.93. The Labute approximate surface area is 88.1 Å². The van der Waals surface area contributed by atoms with Crippen LogP contribution in [0.3, 0.4) is 0 Å². The van der Waals surface area contributed by atoms with Crippen molar-refractivity contribution < 1.29 is 9.90 Å². The van der Waals surface area contributed by atoms with Gasteiger partial charge in [0, 0.05) is 13.6 Å². The normalized spacial score (nSPS) is 9.73. The van der Waals surface area contributed by atoms with Gasteiger partial charge in [0.05, 0.1) is 6.20 Å². The molecule has 0 fully saturated rings. The summed E-state index contributed by atoms with van der Waals surface area (Å²) in [5, 5.41) is 16.4. The fraction of sp³-hybridized carbons (Fsp3) is 0.300. The third-order valence-electron chi connectivity index (χ3n) is 1.80. The van der Waals surface area contributed by atoms with Gasteiger partial charge in [0.1, 0.15) is 5.56 Å². The summed E-state index contributed by atoms with van der Waals surface area (Å²) >= 11 is 0. The van der Waals surface area contributed by atoms with Gasteiger partial charge in [-0.15, -0.1) is 5.10 Å². The molecule has 0 amide bonds. The Kier molecular flexibility index (Phi) is 3.38. The summed E-state index contributed by atoms with van der Waals surface area (Å²) in [7, 11) is 1.76. The quantitative estimate of drug-likeness (QED) is 0.751. The summed E-state index contributed by atoms with van der Waals surface area (Å²) in [5.41, 5.74) is 1.08. The Morgan fingerprint density at radius 2 is 2.33 bits per heavy atom. The molecule has 5 heteroatoms. The number of aromatic carboxylic acids is 1. The van der Waals surface area contributed by atoms with E-state index in [2.05, 4.69) is 16.8 Å². The van der Waals surface area contributed by atoms with E-state index in [0.29, 0.717) is 12.4 Å². The molecule has 1 aromatic rings. The molecule has 0 spiro atoms. The number of anilines is 1. The third kappa shape index (κ3) is 2.77. The van der Waals surface area contributed by atoms with Gasteiger partial charge in [-0.3, -0.25) is 0 Å². The summed E-state index contributed by atoms with van der Waals surface area (Å²) in [6.07, 6.45) is 1.36. The summed E-state index contributed by atoms with van der Waals surface area (Å²) in [6, 6.07) is 1.43. The third-order valence-corrected chi connectivity index (χ3v) is 1.80. The van der Waals surface area contributed by atoms with Gasteiger partial charge in [-0.25, -0.2) is 4.79 Å². The average molecular weight is 207 g/mol. The SMILES string of the molecule is C=C(C)CN(C)c1nnccc1C(=O)O. The second-order valence-corrected chi connectivity index (χ2v) is 3.39. The molecule has 0 bridgehead atoms. The van der Waals surface area contributed by atoms with E-state index in [4.69, 9.17) is 5.11 Å². The lowest BCUT2D eigenvalue weighted by atomic mass is 10.2. The lowest BCUT2D eigenvalue weighted by Crippen LogP contribution is -2.23. The van der Waals surface area contributed by atoms with Crippen LogP contribution in [0, 0.1) is 0 Å². The Hall–Kier alpha value is -1.91. The monoisotopic (exact) mass is 207 g/mol. The molecule has 1 rings (SSSR count). The van der Waals surface area contributed by atoms with Crippen LogP contribution in [0.4, 0.5) is 5.82 Å². The number of likely N-dealkylation sites (N-methyl/N-ethyl adjacent to an activating group) is 1. The first kappa shape index (κ1) is 11.2. The maximum atomic E-state index is 10.9. The Morgan fingerprint density at radius 3 is 2.87 bits per heavy atom. The Morgan fingerprint density at radius 1 is 1.67 bits per heavy atom. The minimum atomic E-state index is -1.01. The molecule has 0 aliphatic carbocycles. The molecule has 0 saturated carbocycles. The number of hydrogen-bond donors (Lipinski definition) is 1. The average Bonchev–Trinajstić information content (AvgIpc) is 2.16. The second kappa shape index (κ2) is 4.54. The van der Waals surface area contributed by atoms with E-state index in [9.17, 15) is 4.79 Å². The summed E-state index contributed by atoms with van der Waals surface area (Å²) < 4.78 is 0. The number of aromatic nitrogens is 2. The predicted molar refractivity (Wildman–Crippen MR) is 57.1 cm³/mol. The molecule has 0 aromatic carbocycles. The van der Waals surface area contributed by atoms with Gasteiger partial charge in [0.15, 0.2) is 5.82 Å². The zero-order valence-electron chi connectivity index (χ0n) is 8.77. The molecule has 1 heterocycles. The van der Waals surface area contributed by atoms with Crippen LogP contribution >= 0.6 is 0 Å². The van der Waals surface area contributed by atoms with Gasteiger partial charge in [-0.2, -0.15) is 5.10 Å². The van der Waals surface area contributed by atoms with Gasteiger partial charge < -0.3 is 10.0 Å². The van der Waals surface area contributed by atoms with E-state index < -0.39 is 5.97 Å². The topological polar surface area (TPSA) is 66.3 Å². The second-order valence-electron chi connectivity index (χ2n) is 3.39. The molecule has 0 saturated heterocycles. The molecule has 1 aromatic heterocycles. The molecule has 0 radical (unpaired) electrons. The molecular formula is C10H13N3O2. The van der Waals surface area contributed by atoms with Gasteiger partial charge in [0.25, 0.3) is 0 Å². The van der Waals surface area contributed by atoms with E-state index in [1.807, 2.05) is 6.92 Å². The number of carbonyl (C=O) groups is 1. The van der Waals surface area contributed by atoms with Crippen molar-refractivity contribution in [1.29, 1.82) is 0 Å². The lowest BCUT2D eigenvalue weighted by molar-refractivity contribution is 0.0697. The van der Waals surface area contributed by atoms with Gasteiger partial charge >= 0.3 is 5.97 Å². The van der Waals surface area contributed by atoms with Crippen molar-refractivity contribution in [2.45, 2.75) is 6.92 Å². The van der Waals surface area contributed by atoms with Crippen LogP contribution in [0.1, 0.15) is 17.3 Å². The molecule has 0 unspecified atom stereocenters. The molecular weight excluding hydrogens is 194 g/mol. The standard InChI is InChI=1S/C10H13N3O2/c1-7(2)6-13(3)9-8(10(14)15)4-5-11-12-9/h4-5H,1,6H2,2-3H3,(H,14,15). The van der Waals surface area contributed by atoms with Crippen molar-refractivity contribution in [1.82, 2.24) is 10.2 Å². The minimum Gasteiger partial charge on any atom is -0.478 e. The largest absolute Gasteiger partial charge is 0.478 e. The van der Waals surface area contributed by atoms with Crippen molar-refractivity contribution in [2.24, 2.45) is 0 Å². The predicted octanol–water partition coefficient (Wildman–Crippen LogP) is 1.19. The van der Waals surface area contributed by atoms with Crippen molar-refractivity contribution >= 4 is 11.8 Å². The van der Waals surface area contributed by atoms with E-state index in [-0.39, 0.29) is 5.56 Å². The van der Waals surface area contributed by atoms with Crippen LogP contribution in [0.15, 0.2) is 24.4 Å². The minimum absolute atomic E-state index is 0.147. The first-order valence-electron chi connectivity index (χ1n) is 4.43. The molecule has 0 atom stereocenters. The number of hydrogen-bond acceptors (Lipinski definition) is 4. The van der Waals surface area contributed by atoms with Crippen LogP contribution in [0.5, 0.6) is 0 Å². The zero-order valence-corrected chi connectivity index (χ0v) is 8.77. The molecule has 15 heavy (non-hydrogen) atoms. The van der Waals surface area contributed by atoms with E-state index in [1.54, 1.807) is 11.9 Å². The highest BCUT2D eigenvalue weighted by Gasteiger charge is 2.14. The van der Waals surface area contributed by atoms with E-state index in [0.717, 1.165) is 5.57 Å². The molecule has 1 N–H and O–H groups in total. The van der Waals surface area contributed by atoms with Crippen LogP contribution in [0.2, 0.25) is 0 Å². The summed E-state index contributed by atoms with van der Waals surface area (Å²) in [6.45, 7) is 6.18. The van der Waals surface area contributed by atoms with Crippen LogP contribution in [-0.4, -0.2) is 34.9 Å². The van der Waals surface area contributed by atoms with Crippen LogP contribution < -0.4 is 4.90 Å². The van der Waals surface area contributed by atoms with Crippen molar-refractivity contribution in [3.8, 4) is 0 Å². The lowest BCUT2D eigenvalue weighted by Gasteiger charge is -2.18. The first-order chi connectivity index (χ1) is 7.02. The summed E-state index contributed by atoms with van der Waals surface area (Å²) in [4.78, 5) is 12.6. The molecule has 80 valence electrons. The first-order valence-corrected chi connectivity index (χ1v) is 4.43. The number of nitrogens with zero attached hydrogens (tertiary/aromatic N) is 3. The molecule has 0 aliphatic heterocycles. The van der Waals surface area contributed by atoms with E-state index >= 15 is 0 Å². The zero-order chi connectivity index (χ0) is 11.4. The van der Waals surface area contributed by atoms with Gasteiger partial charge in [0.2, 0.25) is 0 Å². The summed E-state index contributed by atoms with van der Waals surface area (Å²) in [5.74, 6) is -0.651. The van der Waals surface area contributed by atoms with Gasteiger partial charge in [-0.1, -0.05) is 12.2 Å². The van der Waals surface area contributed by atoms with Crippen molar-refractivity contribution in [3.05, 3.63) is 30.0 Å². The van der Waals surface area contributed by atoms with Crippen molar-refractivity contribution in [3.63, 3.8) is 0 Å². The fourth-order valence-electron chi connectivity index (χ4n) is 1.25. The van der Waals surface area contributed by atoms with Crippen LogP contribution in [0.25, 0.3) is 0 Å². The number of rotatable bonds is 4. The maximum Gasteiger partial charge on any atom is 0.339 e. The van der Waals surface area contributed by atoms with Crippen molar-refractivity contribution in [2.75, 3.05) is 18.5 Å². The highest BCUT2D eigenvalue weighted by atomic mass is 16.4. The van der Waals surface area contributed by atoms with Crippen LogP contribution in [-0.2, 0) is 0 Å². The van der Waals surface area contributed by atoms with Gasteiger partial charge in [-0.05, 0) is 13.0 Å². The Bertz CT molecular complexity index is 390. The molecule has 5 nitrogen and oxygen atoms in total. The highest BCUT2D eigenvalue weighted by Crippen LogP contribution is 2.15.